The summed E-state index contributed by atoms with van der Waals surface area (Å²) < 4.78 is 7.62. The van der Waals surface area contributed by atoms with Gasteiger partial charge in [-0.1, -0.05) is 47.2 Å². The van der Waals surface area contributed by atoms with E-state index < -0.39 is 5.60 Å². The summed E-state index contributed by atoms with van der Waals surface area (Å²) >= 11 is 0. The first-order chi connectivity index (χ1) is 17.4. The lowest BCUT2D eigenvalue weighted by Gasteiger charge is -2.37. The van der Waals surface area contributed by atoms with Crippen molar-refractivity contribution in [3.8, 4) is 5.69 Å². The van der Waals surface area contributed by atoms with Crippen LogP contribution in [-0.2, 0) is 16.8 Å². The fraction of sp³-hybridized carbons (Fsp3) is 0.276. The van der Waals surface area contributed by atoms with Crippen LogP contribution in [0.25, 0.3) is 27.6 Å². The highest BCUT2D eigenvalue weighted by atomic mass is 16.3. The molecule has 182 valence electrons. The van der Waals surface area contributed by atoms with E-state index in [4.69, 9.17) is 4.42 Å². The molecule has 1 aliphatic heterocycles. The smallest absolute Gasteiger partial charge is 0.226 e. The molecule has 0 aliphatic carbocycles. The van der Waals surface area contributed by atoms with Gasteiger partial charge in [-0.15, -0.1) is 5.10 Å². The molecule has 1 aliphatic rings. The number of para-hydroxylation sites is 1. The number of likely N-dealkylation sites (tertiary alicyclic amines) is 1. The minimum Gasteiger partial charge on any atom is -0.456 e. The van der Waals surface area contributed by atoms with Crippen molar-refractivity contribution < 1.29 is 14.3 Å². The molecule has 0 unspecified atom stereocenters. The number of aliphatic hydroxyl groups is 1. The molecule has 2 aromatic heterocycles. The van der Waals surface area contributed by atoms with Gasteiger partial charge in [0.1, 0.15) is 22.5 Å². The molecule has 0 bridgehead atoms. The number of aromatic nitrogens is 3. The zero-order valence-corrected chi connectivity index (χ0v) is 20.4. The van der Waals surface area contributed by atoms with E-state index >= 15 is 0 Å². The van der Waals surface area contributed by atoms with E-state index in [1.54, 1.807) is 10.9 Å². The maximum Gasteiger partial charge on any atom is 0.226 e. The molecule has 0 atom stereocenters. The number of aryl methyl sites for hydroxylation is 2. The first-order valence-corrected chi connectivity index (χ1v) is 12.3. The quantitative estimate of drug-likeness (QED) is 0.398. The van der Waals surface area contributed by atoms with Crippen molar-refractivity contribution in [2.75, 3.05) is 13.1 Å². The number of piperidine rings is 1. The Labute approximate surface area is 208 Å². The summed E-state index contributed by atoms with van der Waals surface area (Å²) in [5, 5.41) is 22.0. The van der Waals surface area contributed by atoms with Crippen LogP contribution in [0, 0.1) is 13.8 Å². The van der Waals surface area contributed by atoms with Crippen LogP contribution in [0.15, 0.2) is 71.3 Å². The monoisotopic (exact) mass is 480 g/mol. The first kappa shape index (κ1) is 22.5. The van der Waals surface area contributed by atoms with Gasteiger partial charge >= 0.3 is 0 Å². The van der Waals surface area contributed by atoms with Gasteiger partial charge in [0, 0.05) is 23.9 Å². The van der Waals surface area contributed by atoms with Gasteiger partial charge in [-0.2, -0.15) is 0 Å². The van der Waals surface area contributed by atoms with Crippen LogP contribution >= 0.6 is 0 Å². The summed E-state index contributed by atoms with van der Waals surface area (Å²) in [7, 11) is 0. The molecule has 1 amide bonds. The molecule has 0 saturated carbocycles. The maximum absolute atomic E-state index is 13.1. The zero-order valence-electron chi connectivity index (χ0n) is 20.4. The fourth-order valence-electron chi connectivity index (χ4n) is 5.21. The lowest BCUT2D eigenvalue weighted by Crippen LogP contribution is -2.45. The molecule has 1 N–H and O–H groups in total. The summed E-state index contributed by atoms with van der Waals surface area (Å²) in [6.45, 7) is 5.04. The highest BCUT2D eigenvalue weighted by Gasteiger charge is 2.38. The Hall–Kier alpha value is -3.97. The lowest BCUT2D eigenvalue weighted by atomic mass is 9.88. The molecular weight excluding hydrogens is 452 g/mol. The van der Waals surface area contributed by atoms with Crippen molar-refractivity contribution in [1.29, 1.82) is 0 Å². The second kappa shape index (κ2) is 8.60. The van der Waals surface area contributed by atoms with E-state index in [0.717, 1.165) is 38.8 Å². The van der Waals surface area contributed by atoms with Crippen LogP contribution in [0.2, 0.25) is 0 Å². The van der Waals surface area contributed by atoms with Gasteiger partial charge in [-0.3, -0.25) is 4.79 Å². The van der Waals surface area contributed by atoms with Crippen LogP contribution in [0.5, 0.6) is 0 Å². The van der Waals surface area contributed by atoms with Crippen LogP contribution in [0.3, 0.4) is 0 Å². The van der Waals surface area contributed by atoms with Gasteiger partial charge < -0.3 is 14.4 Å². The molecule has 1 fully saturated rings. The summed E-state index contributed by atoms with van der Waals surface area (Å²) in [4.78, 5) is 14.9. The summed E-state index contributed by atoms with van der Waals surface area (Å²) in [6, 6.07) is 20.0. The predicted octanol–water partition coefficient (Wildman–Crippen LogP) is 4.84. The van der Waals surface area contributed by atoms with E-state index in [1.165, 1.54) is 5.56 Å². The number of carbonyl (C=O) groups is 1. The Kier molecular flexibility index (Phi) is 5.38. The Morgan fingerprint density at radius 2 is 1.78 bits per heavy atom. The average Bonchev–Trinajstić information content (AvgIpc) is 3.50. The number of hydrogen-bond acceptors (Lipinski definition) is 5. The number of hydrogen-bond donors (Lipinski definition) is 1. The molecular formula is C29H28N4O3. The summed E-state index contributed by atoms with van der Waals surface area (Å²) in [6.07, 6.45) is 2.97. The minimum absolute atomic E-state index is 0.0585. The Bertz CT molecular complexity index is 1590. The molecule has 7 nitrogen and oxygen atoms in total. The highest BCUT2D eigenvalue weighted by molar-refractivity contribution is 6.05. The third-order valence-electron chi connectivity index (χ3n) is 7.31. The molecule has 3 heterocycles. The number of fused-ring (bicyclic) bond motifs is 3. The molecule has 3 aromatic carbocycles. The number of furan rings is 1. The van der Waals surface area contributed by atoms with Crippen LogP contribution in [0.1, 0.15) is 35.2 Å². The SMILES string of the molecule is Cc1ccc(-n2cc(C3(O)CCN(C(=O)Cc4ccc5oc6ccccc6c5c4)CC3)nn2)c(C)c1. The fourth-order valence-corrected chi connectivity index (χ4v) is 5.21. The van der Waals surface area contributed by atoms with Gasteiger partial charge in [-0.05, 0) is 62.1 Å². The van der Waals surface area contributed by atoms with Gasteiger partial charge in [0.05, 0.1) is 18.3 Å². The predicted molar refractivity (Wildman–Crippen MR) is 138 cm³/mol. The van der Waals surface area contributed by atoms with Crippen molar-refractivity contribution in [1.82, 2.24) is 19.9 Å². The molecule has 0 spiro atoms. The second-order valence-corrected chi connectivity index (χ2v) is 9.86. The van der Waals surface area contributed by atoms with Gasteiger partial charge in [0.15, 0.2) is 0 Å². The Morgan fingerprint density at radius 1 is 1.00 bits per heavy atom. The largest absolute Gasteiger partial charge is 0.456 e. The Balaban J connectivity index is 1.14. The molecule has 36 heavy (non-hydrogen) atoms. The van der Waals surface area contributed by atoms with Gasteiger partial charge in [0.25, 0.3) is 0 Å². The number of nitrogens with zero attached hydrogens (tertiary/aromatic N) is 4. The zero-order chi connectivity index (χ0) is 24.9. The second-order valence-electron chi connectivity index (χ2n) is 9.86. The van der Waals surface area contributed by atoms with Crippen LogP contribution in [-0.4, -0.2) is 44.0 Å². The van der Waals surface area contributed by atoms with Crippen molar-refractivity contribution in [3.05, 3.63) is 89.2 Å². The van der Waals surface area contributed by atoms with Gasteiger partial charge in [0.2, 0.25) is 5.91 Å². The van der Waals surface area contributed by atoms with Crippen LogP contribution in [0.4, 0.5) is 0 Å². The van der Waals surface area contributed by atoms with E-state index in [0.29, 0.717) is 38.0 Å². The molecule has 0 radical (unpaired) electrons. The normalized spacial score (nSPS) is 15.6. The van der Waals surface area contributed by atoms with E-state index in [-0.39, 0.29) is 5.91 Å². The van der Waals surface area contributed by atoms with Gasteiger partial charge in [-0.25, -0.2) is 4.68 Å². The summed E-state index contributed by atoms with van der Waals surface area (Å²) in [5.41, 5.74) is 5.30. The van der Waals surface area contributed by atoms with Crippen molar-refractivity contribution in [2.45, 2.75) is 38.7 Å². The van der Waals surface area contributed by atoms with E-state index in [9.17, 15) is 9.90 Å². The minimum atomic E-state index is -1.09. The number of carbonyl (C=O) groups excluding carboxylic acids is 1. The summed E-state index contributed by atoms with van der Waals surface area (Å²) in [5.74, 6) is 0.0585. The van der Waals surface area contributed by atoms with Crippen molar-refractivity contribution in [3.63, 3.8) is 0 Å². The lowest BCUT2D eigenvalue weighted by molar-refractivity contribution is -0.135. The topological polar surface area (TPSA) is 84.4 Å². The third kappa shape index (κ3) is 3.95. The van der Waals surface area contributed by atoms with E-state index in [1.807, 2.05) is 66.4 Å². The first-order valence-electron chi connectivity index (χ1n) is 12.3. The van der Waals surface area contributed by atoms with Crippen LogP contribution < -0.4 is 0 Å². The van der Waals surface area contributed by atoms with Crippen molar-refractivity contribution >= 4 is 27.8 Å². The van der Waals surface area contributed by atoms with E-state index in [2.05, 4.69) is 23.3 Å². The molecule has 1 saturated heterocycles. The number of rotatable bonds is 4. The molecule has 6 rings (SSSR count). The maximum atomic E-state index is 13.1. The van der Waals surface area contributed by atoms with Crippen molar-refractivity contribution in [2.24, 2.45) is 0 Å². The molecule has 5 aromatic rings. The third-order valence-corrected chi connectivity index (χ3v) is 7.31. The average molecular weight is 481 g/mol. The number of amides is 1. The molecule has 7 heteroatoms. The highest BCUT2D eigenvalue weighted by Crippen LogP contribution is 2.33. The standard InChI is InChI=1S/C29H28N4O3/c1-19-7-9-24(20(2)15-19)33-18-27(30-31-33)29(35)11-13-32(14-12-29)28(34)17-21-8-10-26-23(16-21)22-5-3-4-6-25(22)36-26/h3-10,15-16,18,35H,11-14,17H2,1-2H3. The Morgan fingerprint density at radius 3 is 2.58 bits per heavy atom. The number of benzene rings is 3.